The number of hydrogen-bond donors (Lipinski definition) is 1. The van der Waals surface area contributed by atoms with Crippen LogP contribution in [0.15, 0.2) is 67.0 Å². The molecule has 0 bridgehead atoms. The van der Waals surface area contributed by atoms with E-state index < -0.39 is 18.0 Å². The van der Waals surface area contributed by atoms with Gasteiger partial charge in [-0.05, 0) is 34.7 Å². The number of carbonyl (C=O) groups is 2. The summed E-state index contributed by atoms with van der Waals surface area (Å²) in [6, 6.07) is 17.1. The van der Waals surface area contributed by atoms with E-state index in [0.29, 0.717) is 11.3 Å². The number of hydrogen-bond acceptors (Lipinski definition) is 3. The van der Waals surface area contributed by atoms with Crippen LogP contribution in [-0.2, 0) is 21.5 Å². The highest BCUT2D eigenvalue weighted by Gasteiger charge is 2.32. The number of benzene rings is 2. The van der Waals surface area contributed by atoms with E-state index in [1.54, 1.807) is 12.1 Å². The third-order valence-corrected chi connectivity index (χ3v) is 6.10. The summed E-state index contributed by atoms with van der Waals surface area (Å²) < 4.78 is 22.3. The highest BCUT2D eigenvalue weighted by atomic mass is 79.9. The maximum atomic E-state index is 15.0. The number of cyclic esters (lactones) is 1. The van der Waals surface area contributed by atoms with Crippen LogP contribution in [0.1, 0.15) is 38.8 Å². The van der Waals surface area contributed by atoms with Crippen LogP contribution in [0.2, 0.25) is 0 Å². The van der Waals surface area contributed by atoms with E-state index in [9.17, 15) is 9.59 Å². The lowest BCUT2D eigenvalue weighted by molar-refractivity contribution is -0.688. The summed E-state index contributed by atoms with van der Waals surface area (Å²) in [4.78, 5) is 24.7. The van der Waals surface area contributed by atoms with Crippen molar-refractivity contribution >= 4 is 17.7 Å². The summed E-state index contributed by atoms with van der Waals surface area (Å²) in [7, 11) is 0. The van der Waals surface area contributed by atoms with Gasteiger partial charge in [-0.2, -0.15) is 0 Å². The summed E-state index contributed by atoms with van der Waals surface area (Å²) in [6.45, 7) is 9.19. The second-order valence-electron chi connectivity index (χ2n) is 9.92. The standard InChI is InChI=1S/C28H30FN3O3.BrH/c1-19(33)30-16-24-18-32(27(34)35-24)23-9-10-25(26(29)15-23)21-11-13-31(14-12-21)17-20-5-7-22(8-6-20)28(2,3)4;/h5-15,24H,16-18H2,1-4H3;1H/t24-;/m0./s1. The second kappa shape index (κ2) is 11.2. The van der Waals surface area contributed by atoms with E-state index in [0.717, 1.165) is 12.1 Å². The molecule has 2 heterocycles. The van der Waals surface area contributed by atoms with E-state index in [1.807, 2.05) is 24.5 Å². The molecule has 3 aromatic rings. The molecule has 36 heavy (non-hydrogen) atoms. The highest BCUT2D eigenvalue weighted by Crippen LogP contribution is 2.29. The number of nitrogens with zero attached hydrogens (tertiary/aromatic N) is 2. The van der Waals surface area contributed by atoms with Crippen molar-refractivity contribution < 1.29 is 40.3 Å². The van der Waals surface area contributed by atoms with Crippen LogP contribution in [0.25, 0.3) is 11.1 Å². The number of aromatic nitrogens is 1. The van der Waals surface area contributed by atoms with Gasteiger partial charge >= 0.3 is 6.09 Å². The number of anilines is 1. The molecular weight excluding hydrogens is 525 g/mol. The Morgan fingerprint density at radius 2 is 1.78 bits per heavy atom. The molecule has 1 saturated heterocycles. The van der Waals surface area contributed by atoms with Crippen molar-refractivity contribution in [2.45, 2.75) is 45.8 Å². The number of nitrogens with one attached hydrogen (secondary N) is 1. The van der Waals surface area contributed by atoms with Gasteiger partial charge in [-0.15, -0.1) is 0 Å². The van der Waals surface area contributed by atoms with Gasteiger partial charge in [-0.25, -0.2) is 13.8 Å². The average molecular weight is 556 g/mol. The fourth-order valence-electron chi connectivity index (χ4n) is 4.07. The quantitative estimate of drug-likeness (QED) is 0.470. The molecule has 2 amide bonds. The zero-order valence-corrected chi connectivity index (χ0v) is 22.5. The van der Waals surface area contributed by atoms with Gasteiger partial charge in [-0.1, -0.05) is 45.0 Å². The fraction of sp³-hybridized carbons (Fsp3) is 0.321. The first-order chi connectivity index (χ1) is 16.6. The monoisotopic (exact) mass is 555 g/mol. The molecule has 0 radical (unpaired) electrons. The number of rotatable bonds is 6. The normalized spacial score (nSPS) is 15.3. The Morgan fingerprint density at radius 1 is 1.11 bits per heavy atom. The van der Waals surface area contributed by atoms with E-state index >= 15 is 4.39 Å². The van der Waals surface area contributed by atoms with Crippen LogP contribution in [0.3, 0.4) is 0 Å². The van der Waals surface area contributed by atoms with Crippen LogP contribution in [0.5, 0.6) is 0 Å². The van der Waals surface area contributed by atoms with Crippen molar-refractivity contribution in [3.05, 3.63) is 83.9 Å². The van der Waals surface area contributed by atoms with E-state index in [4.69, 9.17) is 4.74 Å². The Balaban J connectivity index is 0.00000361. The molecule has 6 nitrogen and oxygen atoms in total. The van der Waals surface area contributed by atoms with Gasteiger partial charge in [0.2, 0.25) is 5.91 Å². The largest absolute Gasteiger partial charge is 1.00 e. The molecule has 0 saturated carbocycles. The molecule has 8 heteroatoms. The van der Waals surface area contributed by atoms with Crippen molar-refractivity contribution in [1.82, 2.24) is 5.32 Å². The van der Waals surface area contributed by atoms with Crippen LogP contribution >= 0.6 is 0 Å². The van der Waals surface area contributed by atoms with Gasteiger partial charge in [-0.3, -0.25) is 9.69 Å². The maximum Gasteiger partial charge on any atom is 0.414 e. The lowest BCUT2D eigenvalue weighted by Crippen LogP contribution is -3.00. The molecule has 1 aromatic heterocycles. The summed E-state index contributed by atoms with van der Waals surface area (Å²) in [6.07, 6.45) is 2.85. The van der Waals surface area contributed by atoms with E-state index in [-0.39, 0.29) is 41.4 Å². The molecule has 1 aliphatic heterocycles. The topological polar surface area (TPSA) is 62.5 Å². The Labute approximate surface area is 221 Å². The predicted molar refractivity (Wildman–Crippen MR) is 133 cm³/mol. The molecule has 190 valence electrons. The van der Waals surface area contributed by atoms with Crippen molar-refractivity contribution in [3.8, 4) is 11.1 Å². The highest BCUT2D eigenvalue weighted by molar-refractivity contribution is 5.90. The van der Waals surface area contributed by atoms with Crippen molar-refractivity contribution in [2.24, 2.45) is 0 Å². The minimum absolute atomic E-state index is 0. The molecule has 4 rings (SSSR count). The molecule has 1 fully saturated rings. The molecule has 1 N–H and O–H groups in total. The first-order valence-corrected chi connectivity index (χ1v) is 11.7. The van der Waals surface area contributed by atoms with Gasteiger partial charge in [0, 0.05) is 30.2 Å². The fourth-order valence-corrected chi connectivity index (χ4v) is 4.07. The SMILES string of the molecule is CC(=O)NC[C@H]1CN(c2ccc(-c3cc[n+](Cc4ccc(C(C)(C)C)cc4)cc3)c(F)c2)C(=O)O1.[Br-]. The molecular formula is C28H31BrFN3O3. The molecule has 0 spiro atoms. The summed E-state index contributed by atoms with van der Waals surface area (Å²) in [5.74, 6) is -0.617. The van der Waals surface area contributed by atoms with Crippen LogP contribution in [-0.4, -0.2) is 31.2 Å². The minimum Gasteiger partial charge on any atom is -1.00 e. The first kappa shape index (κ1) is 27.3. The number of ether oxygens (including phenoxy) is 1. The Kier molecular flexibility index (Phi) is 8.51. The molecule has 1 atom stereocenters. The molecule has 0 aliphatic carbocycles. The number of carbonyl (C=O) groups excluding carboxylic acids is 2. The smallest absolute Gasteiger partial charge is 0.414 e. The van der Waals surface area contributed by atoms with E-state index in [1.165, 1.54) is 29.0 Å². The van der Waals surface area contributed by atoms with Gasteiger partial charge in [0.05, 0.1) is 18.8 Å². The van der Waals surface area contributed by atoms with E-state index in [2.05, 4.69) is 54.9 Å². The van der Waals surface area contributed by atoms with Gasteiger partial charge in [0.1, 0.15) is 11.9 Å². The molecule has 0 unspecified atom stereocenters. The lowest BCUT2D eigenvalue weighted by atomic mass is 9.87. The third kappa shape index (κ3) is 6.49. The third-order valence-electron chi connectivity index (χ3n) is 6.10. The zero-order valence-electron chi connectivity index (χ0n) is 20.9. The molecule has 1 aliphatic rings. The van der Waals surface area contributed by atoms with Gasteiger partial charge in [0.25, 0.3) is 0 Å². The Morgan fingerprint density at radius 3 is 2.36 bits per heavy atom. The number of halogens is 2. The summed E-state index contributed by atoms with van der Waals surface area (Å²) >= 11 is 0. The Hall–Kier alpha value is -3.26. The summed E-state index contributed by atoms with van der Waals surface area (Å²) in [5, 5.41) is 2.63. The average Bonchev–Trinajstić information content (AvgIpc) is 3.18. The summed E-state index contributed by atoms with van der Waals surface area (Å²) in [5.41, 5.74) is 4.24. The van der Waals surface area contributed by atoms with Crippen LogP contribution < -0.4 is 31.8 Å². The predicted octanol–water partition coefficient (Wildman–Crippen LogP) is 1.59. The van der Waals surface area contributed by atoms with Gasteiger partial charge < -0.3 is 27.0 Å². The number of amides is 2. The maximum absolute atomic E-state index is 15.0. The first-order valence-electron chi connectivity index (χ1n) is 11.7. The van der Waals surface area contributed by atoms with Crippen molar-refractivity contribution in [3.63, 3.8) is 0 Å². The molecule has 2 aromatic carbocycles. The minimum atomic E-state index is -0.552. The Bertz CT molecular complexity index is 1220. The van der Waals surface area contributed by atoms with Crippen molar-refractivity contribution in [1.29, 1.82) is 0 Å². The van der Waals surface area contributed by atoms with Gasteiger partial charge in [0.15, 0.2) is 18.9 Å². The lowest BCUT2D eigenvalue weighted by Gasteiger charge is -2.18. The van der Waals surface area contributed by atoms with Crippen molar-refractivity contribution in [2.75, 3.05) is 18.0 Å². The van der Waals surface area contributed by atoms with Crippen LogP contribution in [0.4, 0.5) is 14.9 Å². The van der Waals surface area contributed by atoms with Crippen LogP contribution in [0, 0.1) is 5.82 Å². The number of pyridine rings is 1. The second-order valence-corrected chi connectivity index (χ2v) is 9.92. The zero-order chi connectivity index (χ0) is 25.2.